The molecule has 12 heteroatoms. The smallest absolute Gasteiger partial charge is 0.354 e. The number of carbonyl (C=O) groups is 2. The van der Waals surface area contributed by atoms with Crippen LogP contribution in [0.4, 0.5) is 18.9 Å². The monoisotopic (exact) mass is 667 g/mol. The van der Waals surface area contributed by atoms with Crippen molar-refractivity contribution in [2.24, 2.45) is 5.92 Å². The Hall–Kier alpha value is -3.38. The molecule has 1 atom stereocenters. The summed E-state index contributed by atoms with van der Waals surface area (Å²) in [5.41, 5.74) is 0.0681. The molecule has 2 amide bonds. The van der Waals surface area contributed by atoms with Crippen LogP contribution in [-0.4, -0.2) is 50.5 Å². The van der Waals surface area contributed by atoms with Crippen LogP contribution in [0.15, 0.2) is 83.3 Å². The van der Waals surface area contributed by atoms with Crippen LogP contribution in [0.2, 0.25) is 0 Å². The Morgan fingerprint density at radius 1 is 0.929 bits per heavy atom. The van der Waals surface area contributed by atoms with Crippen LogP contribution in [0, 0.1) is 5.92 Å². The topological polar surface area (TPSA) is 86.8 Å². The third-order valence-electron chi connectivity index (χ3n) is 6.34. The zero-order valence-corrected chi connectivity index (χ0v) is 25.8. The first kappa shape index (κ1) is 33.1. The van der Waals surface area contributed by atoms with Crippen LogP contribution in [0.25, 0.3) is 0 Å². The molecular weight excluding hydrogens is 635 g/mol. The van der Waals surface area contributed by atoms with Gasteiger partial charge < -0.3 is 10.2 Å². The molecule has 1 unspecified atom stereocenters. The van der Waals surface area contributed by atoms with Crippen molar-refractivity contribution < 1.29 is 31.2 Å². The van der Waals surface area contributed by atoms with E-state index in [-0.39, 0.29) is 24.6 Å². The lowest BCUT2D eigenvalue weighted by Crippen LogP contribution is -2.53. The number of nitrogens with zero attached hydrogens (tertiary/aromatic N) is 2. The van der Waals surface area contributed by atoms with Crippen molar-refractivity contribution in [1.29, 1.82) is 0 Å². The molecular formula is C30H33BrF3N3O4S. The Bertz CT molecular complexity index is 1480. The van der Waals surface area contributed by atoms with E-state index >= 15 is 0 Å². The Kier molecular flexibility index (Phi) is 11.2. The van der Waals surface area contributed by atoms with Gasteiger partial charge in [-0.25, -0.2) is 8.42 Å². The number of nitrogens with one attached hydrogen (secondary N) is 1. The van der Waals surface area contributed by atoms with E-state index in [1.807, 2.05) is 32.0 Å². The fraction of sp³-hybridized carbons (Fsp3) is 0.333. The number of benzene rings is 3. The molecule has 7 nitrogen and oxygen atoms in total. The van der Waals surface area contributed by atoms with Gasteiger partial charge in [0.05, 0.1) is 17.5 Å². The molecule has 0 saturated carbocycles. The molecule has 3 aromatic rings. The van der Waals surface area contributed by atoms with Crippen molar-refractivity contribution in [2.75, 3.05) is 23.7 Å². The maximum Gasteiger partial charge on any atom is 0.416 e. The van der Waals surface area contributed by atoms with E-state index in [1.54, 1.807) is 36.4 Å². The summed E-state index contributed by atoms with van der Waals surface area (Å²) in [6.45, 7) is 3.34. The Morgan fingerprint density at radius 3 is 2.17 bits per heavy atom. The number of carbonyl (C=O) groups excluding carboxylic acids is 2. The fourth-order valence-electron chi connectivity index (χ4n) is 4.26. The molecule has 226 valence electrons. The minimum atomic E-state index is -4.72. The summed E-state index contributed by atoms with van der Waals surface area (Å²) in [7, 11) is -4.20. The van der Waals surface area contributed by atoms with Gasteiger partial charge in [0.1, 0.15) is 12.6 Å². The lowest BCUT2D eigenvalue weighted by atomic mass is 10.0. The van der Waals surface area contributed by atoms with Crippen LogP contribution in [0.5, 0.6) is 0 Å². The van der Waals surface area contributed by atoms with Gasteiger partial charge in [0.15, 0.2) is 0 Å². The van der Waals surface area contributed by atoms with Crippen LogP contribution in [0.1, 0.15) is 30.5 Å². The number of sulfonamides is 1. The largest absolute Gasteiger partial charge is 0.416 e. The highest BCUT2D eigenvalue weighted by molar-refractivity contribution is 9.10. The van der Waals surface area contributed by atoms with Crippen LogP contribution in [-0.2, 0) is 38.8 Å². The number of halogens is 4. The maximum absolute atomic E-state index is 14.0. The number of amides is 2. The minimum absolute atomic E-state index is 0.0505. The molecule has 3 aromatic carbocycles. The van der Waals surface area contributed by atoms with Gasteiger partial charge in [0.2, 0.25) is 21.8 Å². The van der Waals surface area contributed by atoms with Crippen molar-refractivity contribution in [3.63, 3.8) is 0 Å². The van der Waals surface area contributed by atoms with Gasteiger partial charge in [-0.1, -0.05) is 78.3 Å². The molecule has 0 aliphatic heterocycles. The third-order valence-corrected chi connectivity index (χ3v) is 7.97. The molecule has 1 N–H and O–H groups in total. The zero-order valence-electron chi connectivity index (χ0n) is 23.4. The molecule has 0 fully saturated rings. The standard InChI is InChI=1S/C30H33BrF3N3O4S/c1-21(2)18-35-29(39)27(16-22-9-5-4-6-10-22)36(19-23-11-7-13-25(31)15-23)28(38)20-37(42(3,40)41)26-14-8-12-24(17-26)30(32,33)34/h4-15,17,21,27H,16,18-20H2,1-3H3,(H,35,39). The molecule has 0 radical (unpaired) electrons. The molecule has 42 heavy (non-hydrogen) atoms. The predicted molar refractivity (Wildman–Crippen MR) is 160 cm³/mol. The summed E-state index contributed by atoms with van der Waals surface area (Å²) in [6, 6.07) is 18.9. The van der Waals surface area contributed by atoms with E-state index in [1.165, 1.54) is 11.0 Å². The summed E-state index contributed by atoms with van der Waals surface area (Å²) in [5, 5.41) is 2.88. The number of hydrogen-bond donors (Lipinski definition) is 1. The molecule has 0 aliphatic rings. The van der Waals surface area contributed by atoms with E-state index in [9.17, 15) is 31.2 Å². The Labute approximate surface area is 252 Å². The van der Waals surface area contributed by atoms with Crippen molar-refractivity contribution in [3.05, 3.63) is 100 Å². The molecule has 0 spiro atoms. The predicted octanol–water partition coefficient (Wildman–Crippen LogP) is 5.65. The summed E-state index contributed by atoms with van der Waals surface area (Å²) in [5.74, 6) is -1.05. The molecule has 0 heterocycles. The third kappa shape index (κ3) is 9.59. The molecule has 0 bridgehead atoms. The highest BCUT2D eigenvalue weighted by Gasteiger charge is 2.35. The summed E-state index contributed by atoms with van der Waals surface area (Å²) < 4.78 is 67.3. The summed E-state index contributed by atoms with van der Waals surface area (Å²) in [6.07, 6.45) is -3.77. The first-order valence-corrected chi connectivity index (χ1v) is 15.8. The molecule has 3 rings (SSSR count). The second-order valence-electron chi connectivity index (χ2n) is 10.3. The van der Waals surface area contributed by atoms with E-state index in [0.29, 0.717) is 22.5 Å². The normalized spacial score (nSPS) is 12.6. The number of rotatable bonds is 12. The average molecular weight is 669 g/mol. The Morgan fingerprint density at radius 2 is 1.57 bits per heavy atom. The first-order chi connectivity index (χ1) is 19.6. The van der Waals surface area contributed by atoms with Crippen LogP contribution < -0.4 is 9.62 Å². The van der Waals surface area contributed by atoms with Gasteiger partial charge in [-0.2, -0.15) is 13.2 Å². The van der Waals surface area contributed by atoms with Crippen molar-refractivity contribution in [1.82, 2.24) is 10.2 Å². The molecule has 0 aliphatic carbocycles. The van der Waals surface area contributed by atoms with Crippen LogP contribution >= 0.6 is 15.9 Å². The van der Waals surface area contributed by atoms with Gasteiger partial charge in [0, 0.05) is 24.0 Å². The molecule has 0 saturated heterocycles. The van der Waals surface area contributed by atoms with Gasteiger partial charge in [-0.05, 0) is 47.4 Å². The Balaban J connectivity index is 2.07. The van der Waals surface area contributed by atoms with E-state index in [2.05, 4.69) is 21.2 Å². The van der Waals surface area contributed by atoms with Gasteiger partial charge in [-0.3, -0.25) is 13.9 Å². The van der Waals surface area contributed by atoms with Gasteiger partial charge in [0.25, 0.3) is 0 Å². The number of hydrogen-bond acceptors (Lipinski definition) is 4. The highest BCUT2D eigenvalue weighted by atomic mass is 79.9. The average Bonchev–Trinajstić information content (AvgIpc) is 2.91. The lowest BCUT2D eigenvalue weighted by molar-refractivity contribution is -0.140. The second-order valence-corrected chi connectivity index (χ2v) is 13.1. The van der Waals surface area contributed by atoms with Gasteiger partial charge >= 0.3 is 6.18 Å². The van der Waals surface area contributed by atoms with Crippen LogP contribution in [0.3, 0.4) is 0 Å². The zero-order chi connectivity index (χ0) is 31.1. The van der Waals surface area contributed by atoms with E-state index in [4.69, 9.17) is 0 Å². The minimum Gasteiger partial charge on any atom is -0.354 e. The summed E-state index contributed by atoms with van der Waals surface area (Å²) in [4.78, 5) is 28.9. The second kappa shape index (κ2) is 14.2. The van der Waals surface area contributed by atoms with E-state index in [0.717, 1.165) is 28.4 Å². The SMILES string of the molecule is CC(C)CNC(=O)C(Cc1ccccc1)N(Cc1cccc(Br)c1)C(=O)CN(c1cccc(C(F)(F)F)c1)S(C)(=O)=O. The molecule has 0 aromatic heterocycles. The first-order valence-electron chi connectivity index (χ1n) is 13.2. The number of anilines is 1. The van der Waals surface area contributed by atoms with E-state index < -0.39 is 46.2 Å². The quantitative estimate of drug-likeness (QED) is 0.271. The van der Waals surface area contributed by atoms with Crippen molar-refractivity contribution in [2.45, 2.75) is 39.0 Å². The maximum atomic E-state index is 14.0. The van der Waals surface area contributed by atoms with Crippen molar-refractivity contribution >= 4 is 43.5 Å². The fourth-order valence-corrected chi connectivity index (χ4v) is 5.55. The number of alkyl halides is 3. The van der Waals surface area contributed by atoms with Gasteiger partial charge in [-0.15, -0.1) is 0 Å². The highest BCUT2D eigenvalue weighted by Crippen LogP contribution is 2.32. The van der Waals surface area contributed by atoms with Crippen molar-refractivity contribution in [3.8, 4) is 0 Å². The summed E-state index contributed by atoms with van der Waals surface area (Å²) >= 11 is 3.41. The lowest BCUT2D eigenvalue weighted by Gasteiger charge is -2.33.